The van der Waals surface area contributed by atoms with Crippen molar-refractivity contribution in [2.75, 3.05) is 0 Å². The molecule has 0 aliphatic heterocycles. The number of hydrogen-bond acceptors (Lipinski definition) is 3. The van der Waals surface area contributed by atoms with Crippen molar-refractivity contribution in [1.29, 1.82) is 0 Å². The van der Waals surface area contributed by atoms with Gasteiger partial charge in [0.05, 0.1) is 23.0 Å². The van der Waals surface area contributed by atoms with E-state index >= 15 is 0 Å². The number of nitrogens with zero attached hydrogens (tertiary/aromatic N) is 3. The lowest BCUT2D eigenvalue weighted by molar-refractivity contribution is 0.775. The first-order chi connectivity index (χ1) is 14.6. The Bertz CT molecular complexity index is 1480. The molecule has 0 saturated heterocycles. The molecule has 0 saturated carbocycles. The third-order valence-corrected chi connectivity index (χ3v) is 5.91. The minimum Gasteiger partial charge on any atom is -0.267 e. The van der Waals surface area contributed by atoms with Crippen LogP contribution in [0.15, 0.2) is 65.6 Å². The van der Waals surface area contributed by atoms with Gasteiger partial charge in [-0.1, -0.05) is 49.4 Å². The average molecular weight is 394 g/mol. The van der Waals surface area contributed by atoms with Crippen LogP contribution >= 0.6 is 0 Å². The normalized spacial score (nSPS) is 11.4. The van der Waals surface area contributed by atoms with E-state index in [1.165, 1.54) is 16.3 Å². The highest BCUT2D eigenvalue weighted by atomic mass is 16.1. The third-order valence-electron chi connectivity index (χ3n) is 5.91. The standard InChI is InChI=1S/C25H22N4O/c1-4-23-21-13-17(10-12-20(21)25(30)28-27-23)22-14-26-29(3)24(22)19-11-9-16-7-5-6-8-18(16)15(19)2/h5-14H,4H2,1-3H3,(H,28,30). The summed E-state index contributed by atoms with van der Waals surface area (Å²) in [4.78, 5) is 12.2. The largest absolute Gasteiger partial charge is 0.272 e. The van der Waals surface area contributed by atoms with Gasteiger partial charge >= 0.3 is 0 Å². The summed E-state index contributed by atoms with van der Waals surface area (Å²) < 4.78 is 1.92. The van der Waals surface area contributed by atoms with Crippen LogP contribution in [0.5, 0.6) is 0 Å². The zero-order chi connectivity index (χ0) is 20.8. The first kappa shape index (κ1) is 18.3. The van der Waals surface area contributed by atoms with E-state index in [1.807, 2.05) is 37.0 Å². The molecule has 30 heavy (non-hydrogen) atoms. The number of aromatic nitrogens is 4. The molecule has 0 bridgehead atoms. The Kier molecular flexibility index (Phi) is 4.24. The van der Waals surface area contributed by atoms with Crippen LogP contribution in [-0.4, -0.2) is 20.0 Å². The van der Waals surface area contributed by atoms with Crippen LogP contribution in [0.4, 0.5) is 0 Å². The van der Waals surface area contributed by atoms with Gasteiger partial charge in [-0.3, -0.25) is 9.48 Å². The van der Waals surface area contributed by atoms with Crippen LogP contribution in [-0.2, 0) is 13.5 Å². The lowest BCUT2D eigenvalue weighted by Crippen LogP contribution is -2.10. The second-order valence-corrected chi connectivity index (χ2v) is 7.60. The van der Waals surface area contributed by atoms with Crippen molar-refractivity contribution >= 4 is 21.5 Å². The van der Waals surface area contributed by atoms with E-state index in [4.69, 9.17) is 0 Å². The summed E-state index contributed by atoms with van der Waals surface area (Å²) in [5.41, 5.74) is 6.24. The molecule has 0 atom stereocenters. The van der Waals surface area contributed by atoms with Gasteiger partial charge in [0.25, 0.3) is 5.56 Å². The molecule has 5 heteroatoms. The quantitative estimate of drug-likeness (QED) is 0.468. The molecule has 5 nitrogen and oxygen atoms in total. The van der Waals surface area contributed by atoms with Gasteiger partial charge in [0.2, 0.25) is 0 Å². The average Bonchev–Trinajstić information content (AvgIpc) is 3.15. The summed E-state index contributed by atoms with van der Waals surface area (Å²) in [7, 11) is 1.97. The van der Waals surface area contributed by atoms with Crippen molar-refractivity contribution in [1.82, 2.24) is 20.0 Å². The van der Waals surface area contributed by atoms with Crippen LogP contribution < -0.4 is 5.56 Å². The van der Waals surface area contributed by atoms with E-state index in [1.54, 1.807) is 0 Å². The summed E-state index contributed by atoms with van der Waals surface area (Å²) in [6, 6.07) is 18.7. The first-order valence-electron chi connectivity index (χ1n) is 10.1. The van der Waals surface area contributed by atoms with E-state index in [9.17, 15) is 4.79 Å². The molecule has 0 fully saturated rings. The van der Waals surface area contributed by atoms with Gasteiger partial charge in [0.1, 0.15) is 0 Å². The first-order valence-corrected chi connectivity index (χ1v) is 10.1. The lowest BCUT2D eigenvalue weighted by atomic mass is 9.93. The molecule has 0 spiro atoms. The van der Waals surface area contributed by atoms with Crippen molar-refractivity contribution in [2.45, 2.75) is 20.3 Å². The Morgan fingerprint density at radius 1 is 0.967 bits per heavy atom. The molecule has 148 valence electrons. The number of rotatable bonds is 3. The number of nitrogens with one attached hydrogen (secondary N) is 1. The Morgan fingerprint density at radius 3 is 2.63 bits per heavy atom. The lowest BCUT2D eigenvalue weighted by Gasteiger charge is -2.13. The van der Waals surface area contributed by atoms with Crippen molar-refractivity contribution in [3.63, 3.8) is 0 Å². The van der Waals surface area contributed by atoms with Gasteiger partial charge in [-0.2, -0.15) is 10.2 Å². The van der Waals surface area contributed by atoms with Gasteiger partial charge in [0, 0.05) is 23.6 Å². The SMILES string of the molecule is CCc1n[nH]c(=O)c2ccc(-c3cnn(C)c3-c3ccc4ccccc4c3C)cc12. The highest BCUT2D eigenvalue weighted by molar-refractivity contribution is 5.95. The fourth-order valence-corrected chi connectivity index (χ4v) is 4.31. The van der Waals surface area contributed by atoms with Crippen molar-refractivity contribution < 1.29 is 0 Å². The maximum Gasteiger partial charge on any atom is 0.272 e. The number of benzene rings is 3. The van der Waals surface area contributed by atoms with E-state index < -0.39 is 0 Å². The van der Waals surface area contributed by atoms with Gasteiger partial charge < -0.3 is 0 Å². The zero-order valence-electron chi connectivity index (χ0n) is 17.2. The summed E-state index contributed by atoms with van der Waals surface area (Å²) >= 11 is 0. The monoisotopic (exact) mass is 394 g/mol. The number of aromatic amines is 1. The summed E-state index contributed by atoms with van der Waals surface area (Å²) in [6.45, 7) is 4.20. The van der Waals surface area contributed by atoms with Crippen molar-refractivity contribution in [3.05, 3.63) is 82.4 Å². The highest BCUT2D eigenvalue weighted by Crippen LogP contribution is 2.37. The number of aryl methyl sites for hydroxylation is 3. The van der Waals surface area contributed by atoms with Crippen molar-refractivity contribution in [3.8, 4) is 22.4 Å². The minimum atomic E-state index is -0.162. The van der Waals surface area contributed by atoms with Crippen LogP contribution in [0.25, 0.3) is 43.9 Å². The number of H-pyrrole nitrogens is 1. The van der Waals surface area contributed by atoms with Gasteiger partial charge in [-0.25, -0.2) is 5.10 Å². The molecule has 2 heterocycles. The van der Waals surface area contributed by atoms with Gasteiger partial charge in [0.15, 0.2) is 0 Å². The fraction of sp³-hybridized carbons (Fsp3) is 0.160. The molecule has 0 radical (unpaired) electrons. The van der Waals surface area contributed by atoms with E-state index in [0.717, 1.165) is 39.9 Å². The Labute approximate surface area is 174 Å². The smallest absolute Gasteiger partial charge is 0.267 e. The number of fused-ring (bicyclic) bond motifs is 2. The summed E-state index contributed by atoms with van der Waals surface area (Å²) in [5, 5.41) is 15.4. The molecule has 0 amide bonds. The second kappa shape index (κ2) is 6.95. The molecule has 1 N–H and O–H groups in total. The molecule has 0 aliphatic rings. The third kappa shape index (κ3) is 2.74. The van der Waals surface area contributed by atoms with Crippen LogP contribution in [0.1, 0.15) is 18.2 Å². The van der Waals surface area contributed by atoms with Crippen LogP contribution in [0, 0.1) is 6.92 Å². The molecule has 3 aromatic carbocycles. The van der Waals surface area contributed by atoms with Crippen LogP contribution in [0.3, 0.4) is 0 Å². The molecule has 5 aromatic rings. The molecule has 0 unspecified atom stereocenters. The Hall–Kier alpha value is -3.73. The van der Waals surface area contributed by atoms with E-state index in [2.05, 4.69) is 64.7 Å². The van der Waals surface area contributed by atoms with E-state index in [0.29, 0.717) is 5.39 Å². The maximum atomic E-state index is 12.2. The van der Waals surface area contributed by atoms with Crippen molar-refractivity contribution in [2.24, 2.45) is 7.05 Å². The van der Waals surface area contributed by atoms with Crippen LogP contribution in [0.2, 0.25) is 0 Å². The fourth-order valence-electron chi connectivity index (χ4n) is 4.31. The van der Waals surface area contributed by atoms with Gasteiger partial charge in [-0.15, -0.1) is 0 Å². The summed E-state index contributed by atoms with van der Waals surface area (Å²) in [6.07, 6.45) is 2.65. The topological polar surface area (TPSA) is 63.6 Å². The zero-order valence-corrected chi connectivity index (χ0v) is 17.2. The maximum absolute atomic E-state index is 12.2. The summed E-state index contributed by atoms with van der Waals surface area (Å²) in [5.74, 6) is 0. The molecule has 0 aliphatic carbocycles. The predicted octanol–water partition coefficient (Wildman–Crippen LogP) is 5.01. The Morgan fingerprint density at radius 2 is 1.80 bits per heavy atom. The molecule has 2 aromatic heterocycles. The Balaban J connectivity index is 1.76. The van der Waals surface area contributed by atoms with Gasteiger partial charge in [-0.05, 0) is 47.4 Å². The minimum absolute atomic E-state index is 0.162. The predicted molar refractivity (Wildman–Crippen MR) is 122 cm³/mol. The molecule has 5 rings (SSSR count). The second-order valence-electron chi connectivity index (χ2n) is 7.60. The molecular weight excluding hydrogens is 372 g/mol. The van der Waals surface area contributed by atoms with E-state index in [-0.39, 0.29) is 5.56 Å². The number of hydrogen-bond donors (Lipinski definition) is 1. The highest BCUT2D eigenvalue weighted by Gasteiger charge is 2.17. The molecular formula is C25H22N4O.